The van der Waals surface area contributed by atoms with Crippen molar-refractivity contribution in [3.05, 3.63) is 61.2 Å². The first-order valence-electron chi connectivity index (χ1n) is 16.8. The summed E-state index contributed by atoms with van der Waals surface area (Å²) < 4.78 is 5.08. The largest absolute Gasteiger partial charge is 0.481 e. The van der Waals surface area contributed by atoms with Gasteiger partial charge < -0.3 is 15.3 Å². The maximum Gasteiger partial charge on any atom is 0.309 e. The Morgan fingerprint density at radius 3 is 0.654 bits per heavy atom. The van der Waals surface area contributed by atoms with Crippen molar-refractivity contribution < 1.29 is 46.8 Å². The minimum atomic E-state index is -0.548. The van der Waals surface area contributed by atoms with Gasteiger partial charge in [0.05, 0.1) is 57.5 Å². The third-order valence-electron chi connectivity index (χ3n) is 10.2. The molecule has 18 heteroatoms. The van der Waals surface area contributed by atoms with E-state index in [1.165, 1.54) is 0 Å². The van der Waals surface area contributed by atoms with Crippen LogP contribution in [0, 0.1) is 16.2 Å². The van der Waals surface area contributed by atoms with Crippen molar-refractivity contribution in [3.8, 4) is 0 Å². The Morgan fingerprint density at radius 1 is 0.385 bits per heavy atom. The van der Waals surface area contributed by atoms with Crippen molar-refractivity contribution in [3.63, 3.8) is 0 Å². The summed E-state index contributed by atoms with van der Waals surface area (Å²) in [6.45, 7) is 0. The number of thioether (sulfide) groups is 9. The number of nitrogens with zero attached hydrogens (tertiary/aromatic N) is 2. The minimum Gasteiger partial charge on any atom is -0.481 e. The van der Waals surface area contributed by atoms with E-state index in [0.29, 0.717) is 41.2 Å². The monoisotopic (exact) mass is 923 g/mol. The van der Waals surface area contributed by atoms with Crippen LogP contribution in [-0.2, 0) is 31.5 Å². The molecule has 12 bridgehead atoms. The fourth-order valence-corrected chi connectivity index (χ4v) is 29.7. The van der Waals surface area contributed by atoms with Crippen LogP contribution in [0.2, 0.25) is 0 Å². The maximum atomic E-state index is 11.2. The Bertz CT molecular complexity index is 1210. The molecule has 287 valence electrons. The third-order valence-corrected chi connectivity index (χ3v) is 24.7. The van der Waals surface area contributed by atoms with E-state index in [9.17, 15) is 29.7 Å². The number of carbonyl (C=O) groups is 3. The summed E-state index contributed by atoms with van der Waals surface area (Å²) in [4.78, 5) is 41.2. The van der Waals surface area contributed by atoms with Crippen molar-refractivity contribution in [2.24, 2.45) is 16.2 Å². The Morgan fingerprint density at radius 2 is 0.558 bits per heavy atom. The van der Waals surface area contributed by atoms with E-state index in [1.54, 1.807) is 24.8 Å². The van der Waals surface area contributed by atoms with E-state index in [2.05, 4.69) is 9.97 Å². The molecule has 12 aliphatic rings. The van der Waals surface area contributed by atoms with Gasteiger partial charge in [0, 0.05) is 41.9 Å². The molecule has 52 heavy (non-hydrogen) atoms. The Hall–Kier alpha value is 0.379. The normalized spacial score (nSPS) is 41.2. The second-order valence-electron chi connectivity index (χ2n) is 13.7. The number of carboxylic acids is 3. The van der Waals surface area contributed by atoms with Gasteiger partial charge in [-0.05, 0) is 82.1 Å². The molecule has 8 nitrogen and oxygen atoms in total. The smallest absolute Gasteiger partial charge is 0.309 e. The molecule has 0 amide bonds. The molecule has 0 atom stereocenters. The first-order valence-corrected chi connectivity index (χ1v) is 25.3. The van der Waals surface area contributed by atoms with Gasteiger partial charge in [0.1, 0.15) is 0 Å². The SMILES string of the molecule is O=C(O)C12CC3SC(C1)SC(C2)S3.O=C(O)C12CC3SC(C1)SC(C2)S3.O=C(O)C12CC3SC(C1)SC(C2)S3.[Cu].c1ccncc1.c1ccncc1. The molecule has 0 aromatic carbocycles. The van der Waals surface area contributed by atoms with E-state index in [4.69, 9.17) is 0 Å². The molecule has 14 rings (SSSR count). The molecular formula is C34H40CuN2O6S9. The summed E-state index contributed by atoms with van der Waals surface area (Å²) in [5.74, 6) is -1.64. The molecule has 2 aromatic heterocycles. The zero-order chi connectivity index (χ0) is 35.6. The third kappa shape index (κ3) is 9.90. The van der Waals surface area contributed by atoms with Crippen LogP contribution in [0.4, 0.5) is 0 Å². The number of aliphatic carboxylic acids is 3. The molecular weight excluding hydrogens is 885 g/mol. The molecule has 0 aliphatic carbocycles. The second-order valence-corrected chi connectivity index (χ2v) is 29.1. The van der Waals surface area contributed by atoms with Crippen molar-refractivity contribution in [1.29, 1.82) is 0 Å². The number of rotatable bonds is 3. The molecule has 0 unspecified atom stereocenters. The van der Waals surface area contributed by atoms with Crippen LogP contribution >= 0.6 is 106 Å². The van der Waals surface area contributed by atoms with Crippen molar-refractivity contribution >= 4 is 124 Å². The van der Waals surface area contributed by atoms with Gasteiger partial charge in [-0.2, -0.15) is 0 Å². The fourth-order valence-electron chi connectivity index (χ4n) is 7.71. The molecule has 0 spiro atoms. The van der Waals surface area contributed by atoms with Gasteiger partial charge in [-0.1, -0.05) is 12.1 Å². The summed E-state index contributed by atoms with van der Waals surface area (Å²) >= 11 is 17.9. The Kier molecular flexibility index (Phi) is 14.8. The predicted octanol–water partition coefficient (Wildman–Crippen LogP) is 9.50. The second kappa shape index (κ2) is 18.3. The van der Waals surface area contributed by atoms with Gasteiger partial charge >= 0.3 is 17.9 Å². The van der Waals surface area contributed by atoms with Crippen LogP contribution in [0.25, 0.3) is 0 Å². The van der Waals surface area contributed by atoms with E-state index in [0.717, 1.165) is 57.8 Å². The topological polar surface area (TPSA) is 138 Å². The zero-order valence-corrected chi connectivity index (χ0v) is 36.1. The van der Waals surface area contributed by atoms with Crippen LogP contribution in [0.5, 0.6) is 0 Å². The number of pyridine rings is 2. The summed E-state index contributed by atoms with van der Waals surface area (Å²) in [5, 5.41) is 27.8. The van der Waals surface area contributed by atoms with Gasteiger partial charge in [-0.15, -0.1) is 106 Å². The maximum absolute atomic E-state index is 11.2. The predicted molar refractivity (Wildman–Crippen MR) is 223 cm³/mol. The van der Waals surface area contributed by atoms with Gasteiger partial charge in [-0.3, -0.25) is 24.4 Å². The molecule has 12 fully saturated rings. The Labute approximate surface area is 353 Å². The molecule has 3 N–H and O–H groups in total. The summed E-state index contributed by atoms with van der Waals surface area (Å²) in [6.07, 6.45) is 15.0. The van der Waals surface area contributed by atoms with Gasteiger partial charge in [0.15, 0.2) is 0 Å². The van der Waals surface area contributed by atoms with E-state index < -0.39 is 17.9 Å². The standard InChI is InChI=1S/3C8H10O2S3.2C5H5N.Cu/c3*9-7(10)8-1-4-11-5(2-8)13-6(3-8)12-4;2*1-2-4-6-5-3-1;/h3*4-6H,1-3H2,(H,9,10);2*1-5H;. The zero-order valence-electron chi connectivity index (χ0n) is 27.8. The molecule has 12 saturated heterocycles. The molecule has 1 radical (unpaired) electrons. The van der Waals surface area contributed by atoms with Crippen LogP contribution in [0.3, 0.4) is 0 Å². The van der Waals surface area contributed by atoms with Crippen molar-refractivity contribution in [2.75, 3.05) is 0 Å². The summed E-state index contributed by atoms with van der Waals surface area (Å²) in [5.41, 5.74) is -1.04. The molecule has 14 heterocycles. The first-order chi connectivity index (χ1) is 24.5. The van der Waals surface area contributed by atoms with Gasteiger partial charge in [0.2, 0.25) is 0 Å². The molecule has 0 saturated carbocycles. The van der Waals surface area contributed by atoms with E-state index in [-0.39, 0.29) is 33.3 Å². The van der Waals surface area contributed by atoms with Crippen LogP contribution in [0.15, 0.2) is 61.2 Å². The van der Waals surface area contributed by atoms with Crippen molar-refractivity contribution in [1.82, 2.24) is 9.97 Å². The quantitative estimate of drug-likeness (QED) is 0.252. The first kappa shape index (κ1) is 42.0. The Balaban J connectivity index is 0.000000115. The number of hydrogen-bond acceptors (Lipinski definition) is 14. The van der Waals surface area contributed by atoms with Crippen LogP contribution in [-0.4, -0.2) is 84.4 Å². The number of carboxylic acid groups (broad SMARTS) is 3. The molecule has 12 aliphatic heterocycles. The average molecular weight is 925 g/mol. The van der Waals surface area contributed by atoms with Crippen molar-refractivity contribution in [2.45, 2.75) is 99.0 Å². The minimum absolute atomic E-state index is 0. The summed E-state index contributed by atoms with van der Waals surface area (Å²) in [6, 6.07) is 11.4. The van der Waals surface area contributed by atoms with Crippen LogP contribution in [0.1, 0.15) is 57.8 Å². The molecule has 2 aromatic rings. The number of aromatic nitrogens is 2. The number of hydrogen-bond donors (Lipinski definition) is 3. The average Bonchev–Trinajstić information content (AvgIpc) is 3.09. The summed E-state index contributed by atoms with van der Waals surface area (Å²) in [7, 11) is 0. The van der Waals surface area contributed by atoms with Gasteiger partial charge in [0.25, 0.3) is 0 Å². The van der Waals surface area contributed by atoms with Crippen LogP contribution < -0.4 is 0 Å². The fraction of sp³-hybridized carbons (Fsp3) is 0.618. The van der Waals surface area contributed by atoms with Gasteiger partial charge in [-0.25, -0.2) is 0 Å². The van der Waals surface area contributed by atoms with E-state index >= 15 is 0 Å². The van der Waals surface area contributed by atoms with E-state index in [1.807, 2.05) is 142 Å².